The van der Waals surface area contributed by atoms with Crippen molar-refractivity contribution in [2.75, 3.05) is 0 Å². The Bertz CT molecular complexity index is 212. The molecule has 0 N–H and O–H groups in total. The van der Waals surface area contributed by atoms with E-state index in [1.54, 1.807) is 0 Å². The number of rotatable bonds is 3. The quantitative estimate of drug-likeness (QED) is 0.367. The molecule has 0 aliphatic heterocycles. The van der Waals surface area contributed by atoms with Crippen LogP contribution >= 0.6 is 0 Å². The third-order valence-electron chi connectivity index (χ3n) is 1.36. The number of carbonyl (C=O) groups is 1. The molecular weight excluding hydrogens is 152 g/mol. The monoisotopic (exact) mass is 168 g/mol. The SMILES string of the molecule is C=C(C)/C(C)=C/C(=O)OC(C)C. The number of esters is 1. The van der Waals surface area contributed by atoms with Crippen molar-refractivity contribution in [2.45, 2.75) is 33.8 Å². The van der Waals surface area contributed by atoms with Crippen LogP contribution in [0.4, 0.5) is 0 Å². The van der Waals surface area contributed by atoms with Gasteiger partial charge in [-0.25, -0.2) is 4.79 Å². The Labute approximate surface area is 73.9 Å². The normalized spacial score (nSPS) is 11.6. The molecule has 0 bridgehead atoms. The zero-order valence-corrected chi connectivity index (χ0v) is 8.18. The van der Waals surface area contributed by atoms with Crippen LogP contribution in [0.1, 0.15) is 27.7 Å². The van der Waals surface area contributed by atoms with Crippen LogP contribution in [0.3, 0.4) is 0 Å². The van der Waals surface area contributed by atoms with E-state index in [2.05, 4.69) is 6.58 Å². The van der Waals surface area contributed by atoms with Crippen LogP contribution in [-0.4, -0.2) is 12.1 Å². The predicted molar refractivity (Wildman–Crippen MR) is 49.8 cm³/mol. The van der Waals surface area contributed by atoms with E-state index in [1.807, 2.05) is 27.7 Å². The maximum atomic E-state index is 11.0. The van der Waals surface area contributed by atoms with Gasteiger partial charge in [0.15, 0.2) is 0 Å². The first-order valence-corrected chi connectivity index (χ1v) is 3.98. The Hall–Kier alpha value is -1.05. The van der Waals surface area contributed by atoms with Crippen molar-refractivity contribution in [2.24, 2.45) is 0 Å². The Morgan fingerprint density at radius 1 is 1.42 bits per heavy atom. The molecule has 0 fully saturated rings. The fourth-order valence-electron chi connectivity index (χ4n) is 0.566. The van der Waals surface area contributed by atoms with Crippen LogP contribution in [0, 0.1) is 0 Å². The molecule has 0 radical (unpaired) electrons. The van der Waals surface area contributed by atoms with Gasteiger partial charge in [-0.2, -0.15) is 0 Å². The van der Waals surface area contributed by atoms with Crippen LogP contribution in [0.5, 0.6) is 0 Å². The van der Waals surface area contributed by atoms with Gasteiger partial charge in [0.25, 0.3) is 0 Å². The van der Waals surface area contributed by atoms with E-state index in [4.69, 9.17) is 4.74 Å². The van der Waals surface area contributed by atoms with Crippen molar-refractivity contribution in [3.05, 3.63) is 23.8 Å². The highest BCUT2D eigenvalue weighted by Crippen LogP contribution is 2.05. The summed E-state index contributed by atoms with van der Waals surface area (Å²) in [5.41, 5.74) is 1.75. The highest BCUT2D eigenvalue weighted by Gasteiger charge is 2.01. The Kier molecular flexibility index (Phi) is 4.34. The van der Waals surface area contributed by atoms with E-state index in [0.717, 1.165) is 11.1 Å². The highest BCUT2D eigenvalue weighted by molar-refractivity contribution is 5.83. The van der Waals surface area contributed by atoms with E-state index in [9.17, 15) is 4.79 Å². The van der Waals surface area contributed by atoms with Crippen LogP contribution in [0.25, 0.3) is 0 Å². The van der Waals surface area contributed by atoms with E-state index >= 15 is 0 Å². The maximum Gasteiger partial charge on any atom is 0.331 e. The number of carbonyl (C=O) groups excluding carboxylic acids is 1. The van der Waals surface area contributed by atoms with Gasteiger partial charge < -0.3 is 4.74 Å². The number of allylic oxidation sites excluding steroid dienone is 2. The van der Waals surface area contributed by atoms with Gasteiger partial charge in [0.1, 0.15) is 0 Å². The fourth-order valence-corrected chi connectivity index (χ4v) is 0.566. The Morgan fingerprint density at radius 2 is 1.92 bits per heavy atom. The van der Waals surface area contributed by atoms with Gasteiger partial charge in [-0.3, -0.25) is 0 Å². The molecule has 0 aromatic rings. The summed E-state index contributed by atoms with van der Waals surface area (Å²) < 4.78 is 4.91. The fraction of sp³-hybridized carbons (Fsp3) is 0.500. The number of hydrogen-bond donors (Lipinski definition) is 0. The van der Waals surface area contributed by atoms with Crippen molar-refractivity contribution in [3.63, 3.8) is 0 Å². The minimum absolute atomic E-state index is 0.0633. The molecule has 0 atom stereocenters. The van der Waals surface area contributed by atoms with E-state index < -0.39 is 0 Å². The summed E-state index contributed by atoms with van der Waals surface area (Å²) in [4.78, 5) is 11.0. The number of hydrogen-bond acceptors (Lipinski definition) is 2. The smallest absolute Gasteiger partial charge is 0.331 e. The average molecular weight is 168 g/mol. The van der Waals surface area contributed by atoms with Crippen molar-refractivity contribution < 1.29 is 9.53 Å². The topological polar surface area (TPSA) is 26.3 Å². The maximum absolute atomic E-state index is 11.0. The van der Waals surface area contributed by atoms with Crippen LogP contribution in [0.15, 0.2) is 23.8 Å². The molecular formula is C10H16O2. The summed E-state index contributed by atoms with van der Waals surface area (Å²) in [7, 11) is 0. The van der Waals surface area contributed by atoms with Gasteiger partial charge in [-0.1, -0.05) is 12.2 Å². The lowest BCUT2D eigenvalue weighted by atomic mass is 10.1. The molecule has 0 rings (SSSR count). The number of ether oxygens (including phenoxy) is 1. The largest absolute Gasteiger partial charge is 0.460 e. The molecule has 0 aliphatic carbocycles. The molecule has 2 heteroatoms. The summed E-state index contributed by atoms with van der Waals surface area (Å²) >= 11 is 0. The van der Waals surface area contributed by atoms with Crippen LogP contribution < -0.4 is 0 Å². The van der Waals surface area contributed by atoms with E-state index in [-0.39, 0.29) is 12.1 Å². The third kappa shape index (κ3) is 4.72. The minimum atomic E-state index is -0.300. The standard InChI is InChI=1S/C10H16O2/c1-7(2)9(5)6-10(11)12-8(3)4/h6,8H,1H2,2-5H3/b9-6+. The van der Waals surface area contributed by atoms with Crippen molar-refractivity contribution >= 4 is 5.97 Å². The summed E-state index contributed by atoms with van der Waals surface area (Å²) in [6.45, 7) is 11.0. The van der Waals surface area contributed by atoms with Gasteiger partial charge in [0.2, 0.25) is 0 Å². The summed E-state index contributed by atoms with van der Waals surface area (Å²) in [5.74, 6) is -0.300. The van der Waals surface area contributed by atoms with Crippen LogP contribution in [-0.2, 0) is 9.53 Å². The molecule has 2 nitrogen and oxygen atoms in total. The zero-order chi connectivity index (χ0) is 9.72. The molecule has 0 spiro atoms. The Morgan fingerprint density at radius 3 is 2.25 bits per heavy atom. The molecule has 68 valence electrons. The molecule has 0 saturated carbocycles. The first kappa shape index (κ1) is 11.0. The highest BCUT2D eigenvalue weighted by atomic mass is 16.5. The first-order chi connectivity index (χ1) is 5.43. The summed E-state index contributed by atoms with van der Waals surface area (Å²) in [6, 6.07) is 0. The first-order valence-electron chi connectivity index (χ1n) is 3.98. The van der Waals surface area contributed by atoms with Gasteiger partial charge in [0, 0.05) is 6.08 Å². The molecule has 0 amide bonds. The molecule has 0 aliphatic rings. The molecule has 0 saturated heterocycles. The lowest BCUT2D eigenvalue weighted by Gasteiger charge is -2.05. The molecule has 0 aromatic carbocycles. The molecule has 12 heavy (non-hydrogen) atoms. The van der Waals surface area contributed by atoms with E-state index in [1.165, 1.54) is 6.08 Å². The van der Waals surface area contributed by atoms with Crippen molar-refractivity contribution in [3.8, 4) is 0 Å². The Balaban J connectivity index is 4.15. The summed E-state index contributed by atoms with van der Waals surface area (Å²) in [6.07, 6.45) is 1.40. The second-order valence-electron chi connectivity index (χ2n) is 3.09. The second-order valence-corrected chi connectivity index (χ2v) is 3.09. The van der Waals surface area contributed by atoms with Gasteiger partial charge in [-0.05, 0) is 33.3 Å². The molecule has 0 aromatic heterocycles. The zero-order valence-electron chi connectivity index (χ0n) is 8.18. The van der Waals surface area contributed by atoms with Gasteiger partial charge in [0.05, 0.1) is 6.10 Å². The van der Waals surface area contributed by atoms with E-state index in [0.29, 0.717) is 0 Å². The summed E-state index contributed by atoms with van der Waals surface area (Å²) in [5, 5.41) is 0. The van der Waals surface area contributed by atoms with Gasteiger partial charge in [-0.15, -0.1) is 0 Å². The third-order valence-corrected chi connectivity index (χ3v) is 1.36. The predicted octanol–water partition coefficient (Wildman–Crippen LogP) is 2.46. The molecule has 0 heterocycles. The minimum Gasteiger partial charge on any atom is -0.460 e. The lowest BCUT2D eigenvalue weighted by molar-refractivity contribution is -0.141. The second kappa shape index (κ2) is 4.75. The van der Waals surface area contributed by atoms with Crippen molar-refractivity contribution in [1.29, 1.82) is 0 Å². The van der Waals surface area contributed by atoms with Gasteiger partial charge >= 0.3 is 5.97 Å². The molecule has 0 unspecified atom stereocenters. The van der Waals surface area contributed by atoms with Crippen LogP contribution in [0.2, 0.25) is 0 Å². The lowest BCUT2D eigenvalue weighted by Crippen LogP contribution is -2.09. The van der Waals surface area contributed by atoms with Crippen molar-refractivity contribution in [1.82, 2.24) is 0 Å². The average Bonchev–Trinajstić information content (AvgIpc) is 1.84.